The van der Waals surface area contributed by atoms with Gasteiger partial charge in [0.2, 0.25) is 5.91 Å². The molecule has 1 aromatic rings. The molecule has 0 heterocycles. The number of amides is 1. The molecule has 2 atom stereocenters. The summed E-state index contributed by atoms with van der Waals surface area (Å²) in [6.45, 7) is 1.75. The summed E-state index contributed by atoms with van der Waals surface area (Å²) in [6.07, 6.45) is 1.40. The zero-order valence-electron chi connectivity index (χ0n) is 11.0. The topological polar surface area (TPSA) is 66.6 Å². The van der Waals surface area contributed by atoms with Crippen LogP contribution in [0.25, 0.3) is 0 Å². The van der Waals surface area contributed by atoms with Crippen LogP contribution in [-0.2, 0) is 11.2 Å². The molecule has 0 bridgehead atoms. The summed E-state index contributed by atoms with van der Waals surface area (Å²) in [5, 5.41) is 9.01. The number of carbonyl (C=O) groups is 1. The Morgan fingerprint density at radius 1 is 1.39 bits per heavy atom. The molecule has 3 N–H and O–H groups in total. The molecule has 0 radical (unpaired) electrons. The maximum absolute atomic E-state index is 12.0. The molecule has 0 aliphatic heterocycles. The van der Waals surface area contributed by atoms with E-state index in [4.69, 9.17) is 10.8 Å². The number of aryl methyl sites for hydroxylation is 1. The van der Waals surface area contributed by atoms with Crippen molar-refractivity contribution in [3.05, 3.63) is 35.9 Å². The average Bonchev–Trinajstić information content (AvgIpc) is 2.43. The van der Waals surface area contributed by atoms with E-state index in [1.54, 1.807) is 14.0 Å². The van der Waals surface area contributed by atoms with Crippen molar-refractivity contribution in [3.8, 4) is 0 Å². The number of hydrogen-bond acceptors (Lipinski definition) is 3. The maximum atomic E-state index is 12.0. The van der Waals surface area contributed by atoms with Gasteiger partial charge in [-0.2, -0.15) is 0 Å². The van der Waals surface area contributed by atoms with Crippen LogP contribution in [0, 0.1) is 0 Å². The third kappa shape index (κ3) is 4.13. The van der Waals surface area contributed by atoms with E-state index in [0.717, 1.165) is 6.42 Å². The largest absolute Gasteiger partial charge is 0.394 e. The minimum Gasteiger partial charge on any atom is -0.394 e. The molecule has 1 rings (SSSR count). The molecule has 4 heteroatoms. The van der Waals surface area contributed by atoms with Crippen LogP contribution in [0.15, 0.2) is 30.3 Å². The Morgan fingerprint density at radius 2 is 2.00 bits per heavy atom. The first-order valence-electron chi connectivity index (χ1n) is 6.23. The van der Waals surface area contributed by atoms with Crippen LogP contribution >= 0.6 is 0 Å². The van der Waals surface area contributed by atoms with E-state index >= 15 is 0 Å². The summed E-state index contributed by atoms with van der Waals surface area (Å²) < 4.78 is 0. The van der Waals surface area contributed by atoms with Gasteiger partial charge in [0.25, 0.3) is 0 Å². The highest BCUT2D eigenvalue weighted by atomic mass is 16.3. The van der Waals surface area contributed by atoms with Gasteiger partial charge >= 0.3 is 0 Å². The van der Waals surface area contributed by atoms with Crippen LogP contribution in [0.1, 0.15) is 18.9 Å². The molecule has 0 saturated carbocycles. The Labute approximate surface area is 108 Å². The van der Waals surface area contributed by atoms with Crippen molar-refractivity contribution in [2.24, 2.45) is 5.73 Å². The normalized spacial score (nSPS) is 14.0. The molecule has 1 unspecified atom stereocenters. The number of nitrogens with zero attached hydrogens (tertiary/aromatic N) is 1. The van der Waals surface area contributed by atoms with E-state index in [1.165, 1.54) is 10.5 Å². The van der Waals surface area contributed by atoms with E-state index in [9.17, 15) is 4.79 Å². The van der Waals surface area contributed by atoms with Gasteiger partial charge in [-0.15, -0.1) is 0 Å². The second-order valence-electron chi connectivity index (χ2n) is 4.61. The monoisotopic (exact) mass is 250 g/mol. The van der Waals surface area contributed by atoms with Gasteiger partial charge in [0.1, 0.15) is 0 Å². The summed E-state index contributed by atoms with van der Waals surface area (Å²) in [6, 6.07) is 9.26. The van der Waals surface area contributed by atoms with Crippen molar-refractivity contribution in [2.75, 3.05) is 13.7 Å². The van der Waals surface area contributed by atoms with Crippen LogP contribution in [0.4, 0.5) is 0 Å². The molecule has 0 aliphatic rings. The van der Waals surface area contributed by atoms with E-state index < -0.39 is 6.04 Å². The number of nitrogens with two attached hydrogens (primary N) is 1. The highest BCUT2D eigenvalue weighted by Gasteiger charge is 2.21. The fraction of sp³-hybridized carbons (Fsp3) is 0.500. The van der Waals surface area contributed by atoms with Crippen molar-refractivity contribution in [2.45, 2.75) is 31.8 Å². The van der Waals surface area contributed by atoms with Crippen molar-refractivity contribution in [1.29, 1.82) is 0 Å². The van der Waals surface area contributed by atoms with Crippen LogP contribution in [0.3, 0.4) is 0 Å². The third-order valence-corrected chi connectivity index (χ3v) is 3.18. The molecule has 1 amide bonds. The van der Waals surface area contributed by atoms with Crippen LogP contribution in [0.2, 0.25) is 0 Å². The molecule has 18 heavy (non-hydrogen) atoms. The first-order chi connectivity index (χ1) is 8.56. The van der Waals surface area contributed by atoms with Gasteiger partial charge in [0.15, 0.2) is 0 Å². The minimum atomic E-state index is -0.510. The lowest BCUT2D eigenvalue weighted by molar-refractivity contribution is -0.133. The number of rotatable bonds is 6. The summed E-state index contributed by atoms with van der Waals surface area (Å²) >= 11 is 0. The fourth-order valence-corrected chi connectivity index (χ4v) is 1.69. The van der Waals surface area contributed by atoms with Gasteiger partial charge in [0.05, 0.1) is 18.7 Å². The zero-order chi connectivity index (χ0) is 13.5. The Balaban J connectivity index is 2.45. The van der Waals surface area contributed by atoms with E-state index in [-0.39, 0.29) is 18.6 Å². The van der Waals surface area contributed by atoms with E-state index in [2.05, 4.69) is 0 Å². The highest BCUT2D eigenvalue weighted by Crippen LogP contribution is 2.06. The molecular weight excluding hydrogens is 228 g/mol. The van der Waals surface area contributed by atoms with Crippen LogP contribution < -0.4 is 5.73 Å². The lowest BCUT2D eigenvalue weighted by atomic mass is 10.0. The van der Waals surface area contributed by atoms with Crippen molar-refractivity contribution in [3.63, 3.8) is 0 Å². The third-order valence-electron chi connectivity index (χ3n) is 3.18. The van der Waals surface area contributed by atoms with Gasteiger partial charge in [-0.1, -0.05) is 30.3 Å². The number of aliphatic hydroxyl groups excluding tert-OH is 1. The van der Waals surface area contributed by atoms with Gasteiger partial charge < -0.3 is 15.7 Å². The minimum absolute atomic E-state index is 0.0480. The van der Waals surface area contributed by atoms with Gasteiger partial charge in [-0.05, 0) is 25.3 Å². The Kier molecular flexibility index (Phi) is 5.82. The molecule has 100 valence electrons. The smallest absolute Gasteiger partial charge is 0.239 e. The highest BCUT2D eigenvalue weighted by molar-refractivity contribution is 5.81. The molecule has 1 aromatic carbocycles. The number of benzene rings is 1. The SMILES string of the molecule is CC(CO)N(C)C(=O)[C@@H](N)CCc1ccccc1. The number of carbonyl (C=O) groups excluding carboxylic acids is 1. The lowest BCUT2D eigenvalue weighted by Crippen LogP contribution is -2.46. The number of hydrogen-bond donors (Lipinski definition) is 2. The average molecular weight is 250 g/mol. The number of aliphatic hydroxyl groups is 1. The van der Waals surface area contributed by atoms with Gasteiger partial charge in [-0.25, -0.2) is 0 Å². The lowest BCUT2D eigenvalue weighted by Gasteiger charge is -2.26. The second kappa shape index (κ2) is 7.13. The van der Waals surface area contributed by atoms with Crippen molar-refractivity contribution >= 4 is 5.91 Å². The second-order valence-corrected chi connectivity index (χ2v) is 4.61. The quantitative estimate of drug-likeness (QED) is 0.784. The maximum Gasteiger partial charge on any atom is 0.239 e. The number of likely N-dealkylation sites (N-methyl/N-ethyl adjacent to an activating group) is 1. The molecule has 0 spiro atoms. The molecule has 0 aliphatic carbocycles. The summed E-state index contributed by atoms with van der Waals surface area (Å²) in [5.74, 6) is -0.118. The Morgan fingerprint density at radius 3 is 2.56 bits per heavy atom. The first kappa shape index (κ1) is 14.7. The fourth-order valence-electron chi connectivity index (χ4n) is 1.69. The van der Waals surface area contributed by atoms with E-state index in [1.807, 2.05) is 30.3 Å². The zero-order valence-corrected chi connectivity index (χ0v) is 11.0. The molecule has 4 nitrogen and oxygen atoms in total. The predicted molar refractivity (Wildman–Crippen MR) is 72.1 cm³/mol. The van der Waals surface area contributed by atoms with Crippen LogP contribution in [-0.4, -0.2) is 41.7 Å². The summed E-state index contributed by atoms with van der Waals surface area (Å²) in [5.41, 5.74) is 7.06. The standard InChI is InChI=1S/C14H22N2O2/c1-11(10-17)16(2)14(18)13(15)9-8-12-6-4-3-5-7-12/h3-7,11,13,17H,8-10,15H2,1-2H3/t11?,13-/m0/s1. The molecule has 0 aromatic heterocycles. The summed E-state index contributed by atoms with van der Waals surface area (Å²) in [7, 11) is 1.67. The summed E-state index contributed by atoms with van der Waals surface area (Å²) in [4.78, 5) is 13.5. The van der Waals surface area contributed by atoms with E-state index in [0.29, 0.717) is 6.42 Å². The van der Waals surface area contributed by atoms with Gasteiger partial charge in [-0.3, -0.25) is 4.79 Å². The van der Waals surface area contributed by atoms with Crippen molar-refractivity contribution < 1.29 is 9.90 Å². The Bertz CT molecular complexity index is 367. The Hall–Kier alpha value is -1.39. The molecule has 0 fully saturated rings. The first-order valence-corrected chi connectivity index (χ1v) is 6.23. The molecule has 0 saturated heterocycles. The van der Waals surface area contributed by atoms with Crippen LogP contribution in [0.5, 0.6) is 0 Å². The molecular formula is C14H22N2O2. The van der Waals surface area contributed by atoms with Crippen molar-refractivity contribution in [1.82, 2.24) is 4.90 Å². The van der Waals surface area contributed by atoms with Gasteiger partial charge in [0, 0.05) is 7.05 Å². The predicted octanol–water partition coefficient (Wildman–Crippen LogP) is 0.786.